The van der Waals surface area contributed by atoms with Crippen LogP contribution >= 0.6 is 0 Å². The van der Waals surface area contributed by atoms with Crippen LogP contribution in [0.2, 0.25) is 0 Å². The molecular formula is C15H19N3O2S. The Kier molecular flexibility index (Phi) is 5.30. The van der Waals surface area contributed by atoms with E-state index in [1.807, 2.05) is 18.3 Å². The number of hydrogen-bond donors (Lipinski definition) is 2. The van der Waals surface area contributed by atoms with Gasteiger partial charge in [-0.15, -0.1) is 0 Å². The van der Waals surface area contributed by atoms with Crippen molar-refractivity contribution in [2.75, 3.05) is 18.4 Å². The van der Waals surface area contributed by atoms with Crippen molar-refractivity contribution in [1.29, 1.82) is 0 Å². The molecule has 0 unspecified atom stereocenters. The second-order valence-corrected chi connectivity index (χ2v) is 6.33. The van der Waals surface area contributed by atoms with Crippen LogP contribution in [-0.2, 0) is 16.4 Å². The van der Waals surface area contributed by atoms with Gasteiger partial charge in [-0.3, -0.25) is 4.98 Å². The zero-order chi connectivity index (χ0) is 15.1. The first kappa shape index (κ1) is 15.5. The van der Waals surface area contributed by atoms with Gasteiger partial charge in [-0.2, -0.15) is 0 Å². The van der Waals surface area contributed by atoms with Gasteiger partial charge in [0.05, 0.1) is 4.90 Å². The van der Waals surface area contributed by atoms with E-state index in [4.69, 9.17) is 0 Å². The number of benzene rings is 1. The van der Waals surface area contributed by atoms with Crippen LogP contribution in [0, 0.1) is 0 Å². The molecule has 2 aromatic rings. The molecule has 21 heavy (non-hydrogen) atoms. The Morgan fingerprint density at radius 1 is 1.14 bits per heavy atom. The van der Waals surface area contributed by atoms with Gasteiger partial charge in [-0.1, -0.05) is 13.0 Å². The van der Waals surface area contributed by atoms with Crippen molar-refractivity contribution in [3.63, 3.8) is 0 Å². The average Bonchev–Trinajstić information content (AvgIpc) is 2.49. The summed E-state index contributed by atoms with van der Waals surface area (Å²) in [5.74, 6) is 0. The number of anilines is 1. The van der Waals surface area contributed by atoms with E-state index in [1.165, 1.54) is 0 Å². The van der Waals surface area contributed by atoms with Gasteiger partial charge in [0, 0.05) is 31.2 Å². The Hall–Kier alpha value is -1.92. The van der Waals surface area contributed by atoms with Crippen LogP contribution in [0.4, 0.5) is 5.69 Å². The summed E-state index contributed by atoms with van der Waals surface area (Å²) in [6, 6.07) is 10.7. The smallest absolute Gasteiger partial charge is 0.240 e. The quantitative estimate of drug-likeness (QED) is 0.821. The minimum Gasteiger partial charge on any atom is -0.385 e. The Morgan fingerprint density at radius 2 is 1.90 bits per heavy atom. The number of pyridine rings is 1. The van der Waals surface area contributed by atoms with Crippen molar-refractivity contribution in [2.24, 2.45) is 0 Å². The molecule has 0 saturated heterocycles. The summed E-state index contributed by atoms with van der Waals surface area (Å²) in [5.41, 5.74) is 2.06. The molecule has 0 atom stereocenters. The second kappa shape index (κ2) is 7.19. The molecule has 0 saturated carbocycles. The fraction of sp³-hybridized carbons (Fsp3) is 0.267. The number of aromatic nitrogens is 1. The minimum atomic E-state index is -3.38. The predicted octanol–water partition coefficient (Wildman–Crippen LogP) is 2.03. The predicted molar refractivity (Wildman–Crippen MR) is 83.7 cm³/mol. The van der Waals surface area contributed by atoms with Crippen molar-refractivity contribution in [2.45, 2.75) is 18.2 Å². The summed E-state index contributed by atoms with van der Waals surface area (Å²) in [7, 11) is -3.38. The molecule has 0 spiro atoms. The van der Waals surface area contributed by atoms with Gasteiger partial charge in [0.1, 0.15) is 0 Å². The van der Waals surface area contributed by atoms with Gasteiger partial charge in [-0.05, 0) is 42.3 Å². The van der Waals surface area contributed by atoms with Gasteiger partial charge in [-0.25, -0.2) is 13.1 Å². The van der Waals surface area contributed by atoms with E-state index in [1.54, 1.807) is 37.4 Å². The minimum absolute atomic E-state index is 0.280. The van der Waals surface area contributed by atoms with Crippen LogP contribution in [0.1, 0.15) is 12.5 Å². The SMILES string of the molecule is CCNS(=O)(=O)c1ccc(NCCc2cccnc2)cc1. The van der Waals surface area contributed by atoms with Crippen LogP contribution in [0.15, 0.2) is 53.7 Å². The molecule has 0 fully saturated rings. The first-order valence-electron chi connectivity index (χ1n) is 6.84. The Labute approximate surface area is 125 Å². The summed E-state index contributed by atoms with van der Waals surface area (Å²) in [6.45, 7) is 2.91. The number of nitrogens with zero attached hydrogens (tertiary/aromatic N) is 1. The number of nitrogens with one attached hydrogen (secondary N) is 2. The first-order valence-corrected chi connectivity index (χ1v) is 8.32. The first-order chi connectivity index (χ1) is 10.1. The van der Waals surface area contributed by atoms with Crippen LogP contribution < -0.4 is 10.0 Å². The van der Waals surface area contributed by atoms with E-state index in [9.17, 15) is 8.42 Å². The molecule has 2 rings (SSSR count). The maximum absolute atomic E-state index is 11.8. The van der Waals surface area contributed by atoms with Crippen molar-refractivity contribution < 1.29 is 8.42 Å². The fourth-order valence-electron chi connectivity index (χ4n) is 1.92. The van der Waals surface area contributed by atoms with Gasteiger partial charge in [0.15, 0.2) is 0 Å². The van der Waals surface area contributed by atoms with E-state index in [-0.39, 0.29) is 4.90 Å². The maximum Gasteiger partial charge on any atom is 0.240 e. The summed E-state index contributed by atoms with van der Waals surface area (Å²) in [5, 5.41) is 3.26. The Morgan fingerprint density at radius 3 is 2.52 bits per heavy atom. The van der Waals surface area contributed by atoms with Crippen LogP contribution in [0.25, 0.3) is 0 Å². The zero-order valence-corrected chi connectivity index (χ0v) is 12.7. The van der Waals surface area contributed by atoms with E-state index < -0.39 is 10.0 Å². The van der Waals surface area contributed by atoms with Gasteiger partial charge >= 0.3 is 0 Å². The van der Waals surface area contributed by atoms with Crippen molar-refractivity contribution in [1.82, 2.24) is 9.71 Å². The topological polar surface area (TPSA) is 71.1 Å². The standard InChI is InChI=1S/C15H19N3O2S/c1-2-18-21(19,20)15-7-5-14(6-8-15)17-11-9-13-4-3-10-16-12-13/h3-8,10,12,17-18H,2,9,11H2,1H3. The van der Waals surface area contributed by atoms with Crippen molar-refractivity contribution >= 4 is 15.7 Å². The molecule has 0 amide bonds. The van der Waals surface area contributed by atoms with Crippen molar-refractivity contribution in [3.8, 4) is 0 Å². The zero-order valence-electron chi connectivity index (χ0n) is 11.9. The largest absolute Gasteiger partial charge is 0.385 e. The highest BCUT2D eigenvalue weighted by Crippen LogP contribution is 2.14. The molecule has 0 aliphatic rings. The van der Waals surface area contributed by atoms with E-state index in [0.29, 0.717) is 6.54 Å². The molecule has 6 heteroatoms. The maximum atomic E-state index is 11.8. The third kappa shape index (κ3) is 4.54. The normalized spacial score (nSPS) is 11.3. The van der Waals surface area contributed by atoms with Crippen LogP contribution in [-0.4, -0.2) is 26.5 Å². The molecular weight excluding hydrogens is 286 g/mol. The lowest BCUT2D eigenvalue weighted by molar-refractivity contribution is 0.584. The monoisotopic (exact) mass is 305 g/mol. The van der Waals surface area contributed by atoms with Gasteiger partial charge in [0.2, 0.25) is 10.0 Å². The van der Waals surface area contributed by atoms with Gasteiger partial charge in [0.25, 0.3) is 0 Å². The molecule has 0 aliphatic carbocycles. The lowest BCUT2D eigenvalue weighted by Crippen LogP contribution is -2.23. The van der Waals surface area contributed by atoms with E-state index >= 15 is 0 Å². The molecule has 0 radical (unpaired) electrons. The number of sulfonamides is 1. The summed E-state index contributed by atoms with van der Waals surface area (Å²) >= 11 is 0. The summed E-state index contributed by atoms with van der Waals surface area (Å²) in [6.07, 6.45) is 4.46. The molecule has 5 nitrogen and oxygen atoms in total. The molecule has 1 aromatic carbocycles. The lowest BCUT2D eigenvalue weighted by atomic mass is 10.2. The highest BCUT2D eigenvalue weighted by molar-refractivity contribution is 7.89. The van der Waals surface area contributed by atoms with Crippen LogP contribution in [0.3, 0.4) is 0 Å². The van der Waals surface area contributed by atoms with Crippen LogP contribution in [0.5, 0.6) is 0 Å². The molecule has 2 N–H and O–H groups in total. The molecule has 112 valence electrons. The fourth-order valence-corrected chi connectivity index (χ4v) is 2.96. The highest BCUT2D eigenvalue weighted by Gasteiger charge is 2.11. The molecule has 0 aliphatic heterocycles. The Balaban J connectivity index is 1.91. The van der Waals surface area contributed by atoms with E-state index in [0.717, 1.165) is 24.2 Å². The average molecular weight is 305 g/mol. The number of rotatable bonds is 7. The summed E-state index contributed by atoms with van der Waals surface area (Å²) in [4.78, 5) is 4.34. The second-order valence-electron chi connectivity index (χ2n) is 4.56. The third-order valence-electron chi connectivity index (χ3n) is 2.96. The molecule has 0 bridgehead atoms. The highest BCUT2D eigenvalue weighted by atomic mass is 32.2. The number of hydrogen-bond acceptors (Lipinski definition) is 4. The molecule has 1 heterocycles. The Bertz CT molecular complexity index is 655. The lowest BCUT2D eigenvalue weighted by Gasteiger charge is -2.08. The molecule has 1 aromatic heterocycles. The van der Waals surface area contributed by atoms with E-state index in [2.05, 4.69) is 15.0 Å². The van der Waals surface area contributed by atoms with Gasteiger partial charge < -0.3 is 5.32 Å². The third-order valence-corrected chi connectivity index (χ3v) is 4.53. The van der Waals surface area contributed by atoms with Crippen molar-refractivity contribution in [3.05, 3.63) is 54.4 Å². The summed E-state index contributed by atoms with van der Waals surface area (Å²) < 4.78 is 26.1.